The number of nitrogens with zero attached hydrogens (tertiary/aromatic N) is 3. The van der Waals surface area contributed by atoms with E-state index in [0.717, 1.165) is 25.1 Å². The van der Waals surface area contributed by atoms with Crippen molar-refractivity contribution in [1.29, 1.82) is 0 Å². The molecule has 2 aromatic heterocycles. The molecule has 18 heavy (non-hydrogen) atoms. The van der Waals surface area contributed by atoms with E-state index in [2.05, 4.69) is 15.4 Å². The molecule has 0 bridgehead atoms. The van der Waals surface area contributed by atoms with E-state index in [1.54, 1.807) is 12.4 Å². The molecule has 96 valence electrons. The summed E-state index contributed by atoms with van der Waals surface area (Å²) >= 11 is 0. The van der Waals surface area contributed by atoms with Gasteiger partial charge in [0.1, 0.15) is 5.82 Å². The minimum absolute atomic E-state index is 0.103. The lowest BCUT2D eigenvalue weighted by atomic mass is 10.1. The smallest absolute Gasteiger partial charge is 0.141 e. The Hall–Kier alpha value is -1.75. The summed E-state index contributed by atoms with van der Waals surface area (Å²) in [5.74, 6) is -0.294. The van der Waals surface area contributed by atoms with Crippen LogP contribution in [-0.2, 0) is 6.54 Å². The van der Waals surface area contributed by atoms with E-state index in [1.165, 1.54) is 12.3 Å². The molecule has 0 saturated carbocycles. The summed E-state index contributed by atoms with van der Waals surface area (Å²) in [5, 5.41) is 7.47. The number of rotatable bonds is 6. The van der Waals surface area contributed by atoms with Crippen molar-refractivity contribution in [2.45, 2.75) is 25.9 Å². The summed E-state index contributed by atoms with van der Waals surface area (Å²) < 4.78 is 14.9. The maximum Gasteiger partial charge on any atom is 0.141 e. The minimum atomic E-state index is -0.294. The average molecular weight is 248 g/mol. The van der Waals surface area contributed by atoms with Crippen molar-refractivity contribution in [3.63, 3.8) is 0 Å². The lowest BCUT2D eigenvalue weighted by molar-refractivity contribution is 0.504. The Morgan fingerprint density at radius 3 is 3.06 bits per heavy atom. The molecule has 0 aromatic carbocycles. The molecule has 5 heteroatoms. The van der Waals surface area contributed by atoms with Crippen molar-refractivity contribution in [2.75, 3.05) is 6.54 Å². The van der Waals surface area contributed by atoms with E-state index in [9.17, 15) is 4.39 Å². The van der Waals surface area contributed by atoms with Crippen LogP contribution in [-0.4, -0.2) is 21.3 Å². The Kier molecular flexibility index (Phi) is 4.41. The molecule has 0 saturated heterocycles. The molecule has 1 atom stereocenters. The van der Waals surface area contributed by atoms with Gasteiger partial charge in [-0.15, -0.1) is 0 Å². The molecule has 2 rings (SSSR count). The van der Waals surface area contributed by atoms with E-state index in [-0.39, 0.29) is 11.9 Å². The molecule has 0 amide bonds. The number of hydrogen-bond donors (Lipinski definition) is 1. The molecule has 0 aliphatic heterocycles. The molecule has 0 fully saturated rings. The predicted molar refractivity (Wildman–Crippen MR) is 67.5 cm³/mol. The monoisotopic (exact) mass is 248 g/mol. The van der Waals surface area contributed by atoms with Crippen LogP contribution >= 0.6 is 0 Å². The minimum Gasteiger partial charge on any atom is -0.310 e. The van der Waals surface area contributed by atoms with Crippen LogP contribution in [0.15, 0.2) is 36.9 Å². The number of aromatic nitrogens is 3. The fraction of sp³-hybridized carbons (Fsp3) is 0.385. The summed E-state index contributed by atoms with van der Waals surface area (Å²) in [7, 11) is 0. The molecular weight excluding hydrogens is 231 g/mol. The number of aryl methyl sites for hydroxylation is 1. The lowest BCUT2D eigenvalue weighted by Gasteiger charge is -2.13. The summed E-state index contributed by atoms with van der Waals surface area (Å²) in [4.78, 5) is 3.85. The van der Waals surface area contributed by atoms with Crippen LogP contribution in [0.5, 0.6) is 0 Å². The van der Waals surface area contributed by atoms with Crippen LogP contribution in [0, 0.1) is 5.82 Å². The van der Waals surface area contributed by atoms with Crippen LogP contribution in [0.3, 0.4) is 0 Å². The SMILES string of the molecule is CC(NCCCn1cccn1)c1cncc(F)c1. The number of nitrogens with one attached hydrogen (secondary N) is 1. The Bertz CT molecular complexity index is 470. The van der Waals surface area contributed by atoms with Gasteiger partial charge in [0.15, 0.2) is 0 Å². The zero-order valence-electron chi connectivity index (χ0n) is 10.4. The maximum absolute atomic E-state index is 13.0. The van der Waals surface area contributed by atoms with Crippen LogP contribution < -0.4 is 5.32 Å². The number of hydrogen-bond acceptors (Lipinski definition) is 3. The first-order valence-electron chi connectivity index (χ1n) is 6.07. The van der Waals surface area contributed by atoms with Gasteiger partial charge >= 0.3 is 0 Å². The topological polar surface area (TPSA) is 42.7 Å². The third-order valence-electron chi connectivity index (χ3n) is 2.80. The molecule has 4 nitrogen and oxygen atoms in total. The van der Waals surface area contributed by atoms with Crippen LogP contribution in [0.1, 0.15) is 24.9 Å². The van der Waals surface area contributed by atoms with Gasteiger partial charge in [-0.25, -0.2) is 4.39 Å². The first-order valence-corrected chi connectivity index (χ1v) is 6.07. The summed E-state index contributed by atoms with van der Waals surface area (Å²) in [5.41, 5.74) is 0.870. The molecule has 0 spiro atoms. The number of halogens is 1. The largest absolute Gasteiger partial charge is 0.310 e. The summed E-state index contributed by atoms with van der Waals surface area (Å²) in [6.45, 7) is 3.75. The molecule has 0 aliphatic rings. The molecule has 1 unspecified atom stereocenters. The van der Waals surface area contributed by atoms with E-state index < -0.39 is 0 Å². The molecular formula is C13H17FN4. The highest BCUT2D eigenvalue weighted by Crippen LogP contribution is 2.11. The standard InChI is InChI=1S/C13H17FN4/c1-11(12-8-13(14)10-15-9-12)16-4-2-6-18-7-3-5-17-18/h3,5,7-11,16H,2,4,6H2,1H3. The quantitative estimate of drug-likeness (QED) is 0.797. The summed E-state index contributed by atoms with van der Waals surface area (Å²) in [6.07, 6.45) is 7.60. The van der Waals surface area contributed by atoms with Crippen LogP contribution in [0.25, 0.3) is 0 Å². The van der Waals surface area contributed by atoms with Crippen molar-refractivity contribution in [2.24, 2.45) is 0 Å². The zero-order valence-corrected chi connectivity index (χ0v) is 10.4. The summed E-state index contributed by atoms with van der Waals surface area (Å²) in [6, 6.07) is 3.53. The van der Waals surface area contributed by atoms with Crippen molar-refractivity contribution in [1.82, 2.24) is 20.1 Å². The van der Waals surface area contributed by atoms with Crippen LogP contribution in [0.4, 0.5) is 4.39 Å². The lowest BCUT2D eigenvalue weighted by Crippen LogP contribution is -2.21. The Balaban J connectivity index is 1.73. The second-order valence-electron chi connectivity index (χ2n) is 4.23. The molecule has 2 aromatic rings. The van der Waals surface area contributed by atoms with Gasteiger partial charge in [-0.3, -0.25) is 9.67 Å². The zero-order chi connectivity index (χ0) is 12.8. The van der Waals surface area contributed by atoms with Gasteiger partial charge in [0, 0.05) is 31.2 Å². The number of pyridine rings is 1. The normalized spacial score (nSPS) is 12.6. The van der Waals surface area contributed by atoms with Gasteiger partial charge in [0.05, 0.1) is 6.20 Å². The maximum atomic E-state index is 13.0. The Morgan fingerprint density at radius 1 is 1.44 bits per heavy atom. The molecule has 1 N–H and O–H groups in total. The first kappa shape index (κ1) is 12.7. The van der Waals surface area contributed by atoms with Crippen LogP contribution in [0.2, 0.25) is 0 Å². The van der Waals surface area contributed by atoms with E-state index >= 15 is 0 Å². The fourth-order valence-electron chi connectivity index (χ4n) is 1.78. The van der Waals surface area contributed by atoms with Gasteiger partial charge in [-0.1, -0.05) is 0 Å². The van der Waals surface area contributed by atoms with Gasteiger partial charge in [-0.05, 0) is 37.6 Å². The van der Waals surface area contributed by atoms with E-state index in [1.807, 2.05) is 23.9 Å². The third-order valence-corrected chi connectivity index (χ3v) is 2.80. The highest BCUT2D eigenvalue weighted by atomic mass is 19.1. The van der Waals surface area contributed by atoms with E-state index in [0.29, 0.717) is 0 Å². The highest BCUT2D eigenvalue weighted by Gasteiger charge is 2.05. The van der Waals surface area contributed by atoms with Gasteiger partial charge in [0.25, 0.3) is 0 Å². The second kappa shape index (κ2) is 6.26. The van der Waals surface area contributed by atoms with Gasteiger partial charge in [0.2, 0.25) is 0 Å². The fourth-order valence-corrected chi connectivity index (χ4v) is 1.78. The van der Waals surface area contributed by atoms with Gasteiger partial charge < -0.3 is 5.32 Å². The van der Waals surface area contributed by atoms with Crippen molar-refractivity contribution >= 4 is 0 Å². The molecule has 0 radical (unpaired) electrons. The predicted octanol–water partition coefficient (Wildman–Crippen LogP) is 2.16. The van der Waals surface area contributed by atoms with E-state index in [4.69, 9.17) is 0 Å². The third kappa shape index (κ3) is 3.63. The van der Waals surface area contributed by atoms with Gasteiger partial charge in [-0.2, -0.15) is 5.10 Å². The molecule has 0 aliphatic carbocycles. The van der Waals surface area contributed by atoms with Crippen molar-refractivity contribution < 1.29 is 4.39 Å². The average Bonchev–Trinajstić information content (AvgIpc) is 2.87. The Morgan fingerprint density at radius 2 is 2.33 bits per heavy atom. The van der Waals surface area contributed by atoms with Crippen molar-refractivity contribution in [3.05, 3.63) is 48.3 Å². The van der Waals surface area contributed by atoms with Crippen molar-refractivity contribution in [3.8, 4) is 0 Å². The second-order valence-corrected chi connectivity index (χ2v) is 4.23. The highest BCUT2D eigenvalue weighted by molar-refractivity contribution is 5.14. The Labute approximate surface area is 106 Å². The molecule has 2 heterocycles. The first-order chi connectivity index (χ1) is 8.75.